The van der Waals surface area contributed by atoms with E-state index < -0.39 is 0 Å². The van der Waals surface area contributed by atoms with Crippen LogP contribution >= 0.6 is 11.6 Å². The first-order valence-electron chi connectivity index (χ1n) is 10.2. The number of carbonyl (C=O) groups excluding carboxylic acids is 1. The molecule has 4 rings (SSSR count). The lowest BCUT2D eigenvalue weighted by Crippen LogP contribution is -2.14. The molecule has 1 aliphatic rings. The Kier molecular flexibility index (Phi) is 6.15. The van der Waals surface area contributed by atoms with Gasteiger partial charge in [-0.15, -0.1) is 0 Å². The van der Waals surface area contributed by atoms with Gasteiger partial charge >= 0.3 is 0 Å². The second-order valence-electron chi connectivity index (χ2n) is 7.95. The van der Waals surface area contributed by atoms with Crippen molar-refractivity contribution in [3.8, 4) is 11.3 Å². The molecule has 0 fully saturated rings. The maximum Gasteiger partial charge on any atom is 0.228 e. The molecule has 3 heterocycles. The van der Waals surface area contributed by atoms with Crippen LogP contribution in [0.3, 0.4) is 0 Å². The van der Waals surface area contributed by atoms with Gasteiger partial charge in [-0.25, -0.2) is 9.97 Å². The third-order valence-electron chi connectivity index (χ3n) is 5.24. The maximum absolute atomic E-state index is 12.4. The topological polar surface area (TPSA) is 83.0 Å². The van der Waals surface area contributed by atoms with Gasteiger partial charge in [-0.3, -0.25) is 9.78 Å². The summed E-state index contributed by atoms with van der Waals surface area (Å²) in [6.45, 7) is 2.90. The number of hydrogen-bond acceptors (Lipinski definition) is 6. The van der Waals surface area contributed by atoms with Gasteiger partial charge in [-0.1, -0.05) is 11.6 Å². The number of nitrogens with zero attached hydrogens (tertiary/aromatic N) is 4. The number of rotatable bonds is 6. The van der Waals surface area contributed by atoms with Crippen LogP contribution in [0.2, 0.25) is 5.02 Å². The number of aryl methyl sites for hydroxylation is 2. The van der Waals surface area contributed by atoms with Crippen molar-refractivity contribution in [2.75, 3.05) is 31.3 Å². The fraction of sp³-hybridized carbons (Fsp3) is 0.304. The molecule has 0 unspecified atom stereocenters. The first kappa shape index (κ1) is 21.2. The van der Waals surface area contributed by atoms with Gasteiger partial charge < -0.3 is 15.5 Å². The summed E-state index contributed by atoms with van der Waals surface area (Å²) in [5.74, 6) is 0.350. The predicted molar refractivity (Wildman–Crippen MR) is 124 cm³/mol. The number of nitrogens with one attached hydrogen (secondary N) is 2. The van der Waals surface area contributed by atoms with Crippen LogP contribution in [0, 0.1) is 6.92 Å². The molecule has 160 valence electrons. The highest BCUT2D eigenvalue weighted by Crippen LogP contribution is 2.37. The number of halogens is 1. The van der Waals surface area contributed by atoms with Crippen LogP contribution in [-0.2, 0) is 17.6 Å². The van der Waals surface area contributed by atoms with E-state index in [4.69, 9.17) is 16.6 Å². The lowest BCUT2D eigenvalue weighted by molar-refractivity contribution is -0.115. The van der Waals surface area contributed by atoms with Crippen molar-refractivity contribution in [1.82, 2.24) is 19.9 Å². The van der Waals surface area contributed by atoms with Crippen molar-refractivity contribution in [2.45, 2.75) is 26.2 Å². The monoisotopic (exact) mass is 436 g/mol. The zero-order valence-electron chi connectivity index (χ0n) is 17.9. The first-order chi connectivity index (χ1) is 14.9. The van der Waals surface area contributed by atoms with Crippen molar-refractivity contribution in [3.05, 3.63) is 58.5 Å². The quantitative estimate of drug-likeness (QED) is 0.601. The van der Waals surface area contributed by atoms with Crippen molar-refractivity contribution in [2.24, 2.45) is 0 Å². The molecule has 0 radical (unpaired) electrons. The highest BCUT2D eigenvalue weighted by molar-refractivity contribution is 6.32. The van der Waals surface area contributed by atoms with Gasteiger partial charge in [0.15, 0.2) is 0 Å². The fourth-order valence-corrected chi connectivity index (χ4v) is 3.89. The Morgan fingerprint density at radius 3 is 2.87 bits per heavy atom. The molecule has 3 aromatic rings. The van der Waals surface area contributed by atoms with Gasteiger partial charge in [-0.2, -0.15) is 0 Å². The summed E-state index contributed by atoms with van der Waals surface area (Å²) < 4.78 is 0. The molecule has 0 spiro atoms. The highest BCUT2D eigenvalue weighted by atomic mass is 35.5. The Morgan fingerprint density at radius 2 is 2.10 bits per heavy atom. The second-order valence-corrected chi connectivity index (χ2v) is 8.36. The van der Waals surface area contributed by atoms with E-state index in [-0.39, 0.29) is 12.3 Å². The Labute approximate surface area is 186 Å². The smallest absolute Gasteiger partial charge is 0.228 e. The van der Waals surface area contributed by atoms with Crippen molar-refractivity contribution in [3.63, 3.8) is 0 Å². The van der Waals surface area contributed by atoms with Crippen LogP contribution in [0.25, 0.3) is 11.3 Å². The summed E-state index contributed by atoms with van der Waals surface area (Å²) in [7, 11) is 4.11. The van der Waals surface area contributed by atoms with E-state index in [9.17, 15) is 4.79 Å². The summed E-state index contributed by atoms with van der Waals surface area (Å²) in [5.41, 5.74) is 5.79. The van der Waals surface area contributed by atoms with Gasteiger partial charge in [0.05, 0.1) is 29.2 Å². The Bertz CT molecular complexity index is 1130. The van der Waals surface area contributed by atoms with Gasteiger partial charge in [0.1, 0.15) is 0 Å². The number of anilines is 3. The summed E-state index contributed by atoms with van der Waals surface area (Å²) >= 11 is 6.54. The van der Waals surface area contributed by atoms with Gasteiger partial charge in [-0.05, 0) is 70.2 Å². The van der Waals surface area contributed by atoms with E-state index in [1.54, 1.807) is 12.4 Å². The second kappa shape index (κ2) is 8.99. The summed E-state index contributed by atoms with van der Waals surface area (Å²) in [4.78, 5) is 28.1. The van der Waals surface area contributed by atoms with Crippen LogP contribution in [0.15, 0.2) is 36.7 Å². The van der Waals surface area contributed by atoms with Gasteiger partial charge in [0.25, 0.3) is 0 Å². The van der Waals surface area contributed by atoms with Crippen LogP contribution < -0.4 is 10.6 Å². The molecule has 0 saturated heterocycles. The zero-order valence-corrected chi connectivity index (χ0v) is 18.6. The standard InChI is InChI=1S/C23H25ClN6O/c1-14-19(7-4-8-25-14)28-23-26-13-16-11-21(31)27-20-12-18(24)15(6-5-9-30(2)3)10-17(20)22(16)29-23/h4,7-8,10,12-13H,5-6,9,11H2,1-3H3,(H,27,31)(H,26,28,29). The van der Waals surface area contributed by atoms with E-state index in [0.717, 1.165) is 53.2 Å². The fourth-order valence-electron chi connectivity index (χ4n) is 3.63. The van der Waals surface area contributed by atoms with Crippen LogP contribution in [0.4, 0.5) is 17.3 Å². The van der Waals surface area contributed by atoms with E-state index >= 15 is 0 Å². The largest absolute Gasteiger partial charge is 0.325 e. The molecular formula is C23H25ClN6O. The van der Waals surface area contributed by atoms with Gasteiger partial charge in [0.2, 0.25) is 11.9 Å². The molecule has 1 aliphatic heterocycles. The zero-order chi connectivity index (χ0) is 22.0. The number of carbonyl (C=O) groups is 1. The van der Waals surface area contributed by atoms with Crippen LogP contribution in [-0.4, -0.2) is 46.4 Å². The molecule has 0 atom stereocenters. The van der Waals surface area contributed by atoms with Crippen LogP contribution in [0.5, 0.6) is 0 Å². The number of benzene rings is 1. The van der Waals surface area contributed by atoms with Crippen LogP contribution in [0.1, 0.15) is 23.2 Å². The number of aromatic nitrogens is 3. The molecule has 1 amide bonds. The third kappa shape index (κ3) is 4.84. The number of pyridine rings is 1. The minimum Gasteiger partial charge on any atom is -0.325 e. The Balaban J connectivity index is 1.73. The maximum atomic E-state index is 12.4. The predicted octanol–water partition coefficient (Wildman–Crippen LogP) is 4.23. The van der Waals surface area contributed by atoms with E-state index in [1.807, 2.05) is 31.2 Å². The molecule has 0 aliphatic carbocycles. The lowest BCUT2D eigenvalue weighted by atomic mass is 10.00. The summed E-state index contributed by atoms with van der Waals surface area (Å²) in [5, 5.41) is 6.85. The van der Waals surface area contributed by atoms with E-state index in [0.29, 0.717) is 16.7 Å². The van der Waals surface area contributed by atoms with Crippen molar-refractivity contribution >= 4 is 34.8 Å². The first-order valence-corrected chi connectivity index (χ1v) is 10.6. The molecule has 0 bridgehead atoms. The van der Waals surface area contributed by atoms with E-state index in [2.05, 4.69) is 39.6 Å². The number of hydrogen-bond donors (Lipinski definition) is 2. The minimum atomic E-state index is -0.108. The van der Waals surface area contributed by atoms with E-state index in [1.165, 1.54) is 0 Å². The molecule has 7 nitrogen and oxygen atoms in total. The van der Waals surface area contributed by atoms with Crippen molar-refractivity contribution in [1.29, 1.82) is 0 Å². The molecule has 0 saturated carbocycles. The molecule has 31 heavy (non-hydrogen) atoms. The average Bonchev–Trinajstić information content (AvgIpc) is 2.85. The lowest BCUT2D eigenvalue weighted by Gasteiger charge is -2.15. The third-order valence-corrected chi connectivity index (χ3v) is 5.59. The van der Waals surface area contributed by atoms with Gasteiger partial charge in [0, 0.05) is 28.5 Å². The SMILES string of the molecule is Cc1ncccc1Nc1ncc2c(n1)-c1cc(CCCN(C)C)c(Cl)cc1NC(=O)C2. The Morgan fingerprint density at radius 1 is 1.26 bits per heavy atom. The molecule has 2 aromatic heterocycles. The highest BCUT2D eigenvalue weighted by Gasteiger charge is 2.23. The molecule has 2 N–H and O–H groups in total. The number of amides is 1. The molecular weight excluding hydrogens is 412 g/mol. The minimum absolute atomic E-state index is 0.108. The van der Waals surface area contributed by atoms with Crippen molar-refractivity contribution < 1.29 is 4.79 Å². The number of fused-ring (bicyclic) bond motifs is 3. The summed E-state index contributed by atoms with van der Waals surface area (Å²) in [6, 6.07) is 7.66. The molecule has 8 heteroatoms. The molecule has 1 aromatic carbocycles. The summed E-state index contributed by atoms with van der Waals surface area (Å²) in [6.07, 6.45) is 5.50. The average molecular weight is 437 g/mol. The Hall–Kier alpha value is -3.03. The normalized spacial score (nSPS) is 12.7.